The molecule has 2 atom stereocenters. The number of fused-ring (bicyclic) bond motifs is 4. The highest BCUT2D eigenvalue weighted by molar-refractivity contribution is 5.60. The van der Waals surface area contributed by atoms with E-state index in [1.165, 1.54) is 18.4 Å². The molecule has 5 heterocycles. The smallest absolute Gasteiger partial charge is 0.258 e. The maximum atomic E-state index is 13.1. The largest absolute Gasteiger partial charge is 0.381 e. The van der Waals surface area contributed by atoms with Gasteiger partial charge in [-0.25, -0.2) is 9.97 Å². The minimum atomic E-state index is 0.103. The van der Waals surface area contributed by atoms with Crippen molar-refractivity contribution in [2.75, 3.05) is 26.3 Å². The van der Waals surface area contributed by atoms with E-state index in [-0.39, 0.29) is 5.56 Å². The van der Waals surface area contributed by atoms with Crippen LogP contribution in [0.1, 0.15) is 30.9 Å². The van der Waals surface area contributed by atoms with Gasteiger partial charge in [0.15, 0.2) is 0 Å². The van der Waals surface area contributed by atoms with Crippen LogP contribution in [0.25, 0.3) is 11.1 Å². The summed E-state index contributed by atoms with van der Waals surface area (Å²) in [5, 5.41) is 0. The lowest BCUT2D eigenvalue weighted by molar-refractivity contribution is 0.00589. The SMILES string of the molecule is O=c1c(-c2cncnc2)ccc2n1C[C@H]1C[C@@H]2CN(C2CCOCC2)C1. The van der Waals surface area contributed by atoms with Crippen molar-refractivity contribution in [3.05, 3.63) is 46.9 Å². The van der Waals surface area contributed by atoms with Crippen molar-refractivity contribution < 1.29 is 4.74 Å². The molecule has 3 aliphatic heterocycles. The maximum absolute atomic E-state index is 13.1. The number of ether oxygens (including phenoxy) is 1. The molecule has 2 aromatic rings. The molecule has 26 heavy (non-hydrogen) atoms. The summed E-state index contributed by atoms with van der Waals surface area (Å²) in [5.74, 6) is 1.02. The maximum Gasteiger partial charge on any atom is 0.258 e. The Balaban J connectivity index is 1.46. The van der Waals surface area contributed by atoms with Gasteiger partial charge in [0.05, 0.1) is 5.56 Å². The Labute approximate surface area is 152 Å². The van der Waals surface area contributed by atoms with Gasteiger partial charge < -0.3 is 9.30 Å². The second-order valence-electron chi connectivity index (χ2n) is 7.81. The van der Waals surface area contributed by atoms with Gasteiger partial charge in [-0.3, -0.25) is 9.69 Å². The molecule has 0 spiro atoms. The molecule has 6 heteroatoms. The summed E-state index contributed by atoms with van der Waals surface area (Å²) in [6.45, 7) is 4.76. The number of nitrogens with zero attached hydrogens (tertiary/aromatic N) is 4. The lowest BCUT2D eigenvalue weighted by Crippen LogP contribution is -2.51. The van der Waals surface area contributed by atoms with Crippen LogP contribution in [0.5, 0.6) is 0 Å². The molecule has 136 valence electrons. The van der Waals surface area contributed by atoms with Gasteiger partial charge in [-0.2, -0.15) is 0 Å². The quantitative estimate of drug-likeness (QED) is 0.826. The summed E-state index contributed by atoms with van der Waals surface area (Å²) in [6.07, 6.45) is 8.40. The van der Waals surface area contributed by atoms with Gasteiger partial charge in [0.25, 0.3) is 5.56 Å². The van der Waals surface area contributed by atoms with E-state index in [2.05, 4.69) is 20.9 Å². The first-order chi connectivity index (χ1) is 12.8. The number of pyridine rings is 1. The first kappa shape index (κ1) is 16.1. The topological polar surface area (TPSA) is 60.2 Å². The molecule has 2 saturated heterocycles. The third-order valence-corrected chi connectivity index (χ3v) is 6.21. The first-order valence-corrected chi connectivity index (χ1v) is 9.60. The average Bonchev–Trinajstić information content (AvgIpc) is 2.70. The Bertz CT molecular complexity index is 845. The number of aromatic nitrogens is 3. The van der Waals surface area contributed by atoms with E-state index in [1.54, 1.807) is 12.4 Å². The summed E-state index contributed by atoms with van der Waals surface area (Å²) < 4.78 is 7.55. The van der Waals surface area contributed by atoms with Crippen molar-refractivity contribution in [1.82, 2.24) is 19.4 Å². The number of hydrogen-bond donors (Lipinski definition) is 0. The lowest BCUT2D eigenvalue weighted by Gasteiger charge is -2.46. The van der Waals surface area contributed by atoms with E-state index >= 15 is 0 Å². The highest BCUT2D eigenvalue weighted by Crippen LogP contribution is 2.37. The second-order valence-corrected chi connectivity index (χ2v) is 7.81. The zero-order valence-corrected chi connectivity index (χ0v) is 14.9. The van der Waals surface area contributed by atoms with Gasteiger partial charge in [-0.15, -0.1) is 0 Å². The Morgan fingerprint density at radius 1 is 1.04 bits per heavy atom. The number of piperidine rings is 1. The fourth-order valence-electron chi connectivity index (χ4n) is 4.99. The summed E-state index contributed by atoms with van der Waals surface area (Å²) >= 11 is 0. The third kappa shape index (κ3) is 2.77. The van der Waals surface area contributed by atoms with Crippen LogP contribution in [-0.2, 0) is 11.3 Å². The fourth-order valence-corrected chi connectivity index (χ4v) is 4.99. The van der Waals surface area contributed by atoms with Crippen molar-refractivity contribution >= 4 is 0 Å². The van der Waals surface area contributed by atoms with Gasteiger partial charge in [0.1, 0.15) is 6.33 Å². The molecule has 2 fully saturated rings. The average molecular weight is 352 g/mol. The highest BCUT2D eigenvalue weighted by atomic mass is 16.5. The predicted octanol–water partition coefficient (Wildman–Crippen LogP) is 1.90. The minimum absolute atomic E-state index is 0.103. The summed E-state index contributed by atoms with van der Waals surface area (Å²) in [4.78, 5) is 23.9. The Morgan fingerprint density at radius 2 is 1.85 bits per heavy atom. The molecule has 0 amide bonds. The molecule has 2 bridgehead atoms. The van der Waals surface area contributed by atoms with Gasteiger partial charge in [-0.1, -0.05) is 0 Å². The molecule has 3 aliphatic rings. The number of hydrogen-bond acceptors (Lipinski definition) is 5. The molecule has 0 aromatic carbocycles. The van der Waals surface area contributed by atoms with Gasteiger partial charge in [0.2, 0.25) is 0 Å². The van der Waals surface area contributed by atoms with E-state index in [9.17, 15) is 4.79 Å². The normalized spacial score (nSPS) is 26.5. The van der Waals surface area contributed by atoms with Crippen molar-refractivity contribution in [1.29, 1.82) is 0 Å². The van der Waals surface area contributed by atoms with Crippen LogP contribution in [0.2, 0.25) is 0 Å². The molecule has 0 aliphatic carbocycles. The molecule has 6 nitrogen and oxygen atoms in total. The molecular formula is C20H24N4O2. The van der Waals surface area contributed by atoms with Crippen LogP contribution in [0.15, 0.2) is 35.6 Å². The summed E-state index contributed by atoms with van der Waals surface area (Å²) in [6, 6.07) is 4.76. The zero-order chi connectivity index (χ0) is 17.5. The Morgan fingerprint density at radius 3 is 2.65 bits per heavy atom. The minimum Gasteiger partial charge on any atom is -0.381 e. The highest BCUT2D eigenvalue weighted by Gasteiger charge is 2.37. The molecule has 0 saturated carbocycles. The van der Waals surface area contributed by atoms with Gasteiger partial charge in [0, 0.05) is 68.5 Å². The van der Waals surface area contributed by atoms with Crippen molar-refractivity contribution in [2.24, 2.45) is 5.92 Å². The van der Waals surface area contributed by atoms with Crippen LogP contribution in [0.3, 0.4) is 0 Å². The molecular weight excluding hydrogens is 328 g/mol. The van der Waals surface area contributed by atoms with E-state index in [0.717, 1.165) is 51.3 Å². The number of likely N-dealkylation sites (tertiary alicyclic amines) is 1. The monoisotopic (exact) mass is 352 g/mol. The second kappa shape index (κ2) is 6.59. The van der Waals surface area contributed by atoms with E-state index in [0.29, 0.717) is 23.4 Å². The van der Waals surface area contributed by atoms with Crippen LogP contribution in [0, 0.1) is 5.92 Å². The fraction of sp³-hybridized carbons (Fsp3) is 0.550. The number of rotatable bonds is 2. The molecule has 2 aromatic heterocycles. The zero-order valence-electron chi connectivity index (χ0n) is 14.9. The van der Waals surface area contributed by atoms with Crippen molar-refractivity contribution in [3.63, 3.8) is 0 Å². The Hall–Kier alpha value is -2.05. The molecule has 0 N–H and O–H groups in total. The van der Waals surface area contributed by atoms with E-state index in [4.69, 9.17) is 4.74 Å². The Kier molecular flexibility index (Phi) is 4.10. The summed E-state index contributed by atoms with van der Waals surface area (Å²) in [5.41, 5.74) is 2.80. The van der Waals surface area contributed by atoms with Crippen LogP contribution in [0.4, 0.5) is 0 Å². The summed E-state index contributed by atoms with van der Waals surface area (Å²) in [7, 11) is 0. The van der Waals surface area contributed by atoms with E-state index < -0.39 is 0 Å². The van der Waals surface area contributed by atoms with Gasteiger partial charge in [-0.05, 0) is 37.3 Å². The lowest BCUT2D eigenvalue weighted by atomic mass is 9.81. The molecule has 5 rings (SSSR count). The first-order valence-electron chi connectivity index (χ1n) is 9.60. The van der Waals surface area contributed by atoms with Crippen LogP contribution < -0.4 is 5.56 Å². The van der Waals surface area contributed by atoms with Crippen molar-refractivity contribution in [3.8, 4) is 11.1 Å². The van der Waals surface area contributed by atoms with Crippen molar-refractivity contribution in [2.45, 2.75) is 37.8 Å². The molecule has 0 unspecified atom stereocenters. The van der Waals surface area contributed by atoms with Crippen LogP contribution >= 0.6 is 0 Å². The molecule has 0 radical (unpaired) electrons. The predicted molar refractivity (Wildman–Crippen MR) is 98.0 cm³/mol. The standard InChI is InChI=1S/C20H24N4O2/c25-20-18(16-8-21-13-22-9-16)1-2-19-15-7-14(11-24(19)20)10-23(12-15)17-3-5-26-6-4-17/h1-2,8-9,13-15,17H,3-7,10-12H2/t14-,15+/m0/s1. The third-order valence-electron chi connectivity index (χ3n) is 6.21. The van der Waals surface area contributed by atoms with Gasteiger partial charge >= 0.3 is 0 Å². The van der Waals surface area contributed by atoms with E-state index in [1.807, 2.05) is 10.6 Å². The van der Waals surface area contributed by atoms with Crippen LogP contribution in [-0.4, -0.2) is 51.8 Å².